The Bertz CT molecular complexity index is 800. The van der Waals surface area contributed by atoms with Gasteiger partial charge in [0.2, 0.25) is 11.8 Å². The minimum absolute atomic E-state index is 0.0977. The molecule has 4 amide bonds. The van der Waals surface area contributed by atoms with Crippen LogP contribution in [0.25, 0.3) is 0 Å². The standard InChI is InChI=1S/C18H19N3O5/c22-14-7-6-12(16(23)20-14)21-17(24)11-4-1-5-13(15(11)18(21)25)26-9-10-3-2-8-19-10/h1,4-5,10,12,19H,2-3,6-9H2,(H,20,22,23)/t10-,12?/m0/s1. The van der Waals surface area contributed by atoms with E-state index in [1.807, 2.05) is 0 Å². The fourth-order valence-corrected chi connectivity index (χ4v) is 3.69. The molecule has 2 fully saturated rings. The van der Waals surface area contributed by atoms with E-state index in [1.54, 1.807) is 18.2 Å². The van der Waals surface area contributed by atoms with Crippen molar-refractivity contribution in [2.24, 2.45) is 0 Å². The summed E-state index contributed by atoms with van der Waals surface area (Å²) in [5, 5.41) is 5.50. The molecule has 4 rings (SSSR count). The number of carbonyl (C=O) groups excluding carboxylic acids is 4. The molecule has 1 unspecified atom stereocenters. The Labute approximate surface area is 149 Å². The molecule has 2 saturated heterocycles. The van der Waals surface area contributed by atoms with Crippen molar-refractivity contribution >= 4 is 23.6 Å². The molecule has 2 N–H and O–H groups in total. The summed E-state index contributed by atoms with van der Waals surface area (Å²) >= 11 is 0. The van der Waals surface area contributed by atoms with E-state index in [2.05, 4.69) is 10.6 Å². The summed E-state index contributed by atoms with van der Waals surface area (Å²) in [5.41, 5.74) is 0.428. The molecular weight excluding hydrogens is 338 g/mol. The molecular formula is C18H19N3O5. The second-order valence-electron chi connectivity index (χ2n) is 6.73. The molecule has 136 valence electrons. The smallest absolute Gasteiger partial charge is 0.266 e. The third kappa shape index (κ3) is 2.76. The van der Waals surface area contributed by atoms with Gasteiger partial charge < -0.3 is 10.1 Å². The Balaban J connectivity index is 1.58. The van der Waals surface area contributed by atoms with Crippen LogP contribution in [0.2, 0.25) is 0 Å². The van der Waals surface area contributed by atoms with Crippen LogP contribution in [0.15, 0.2) is 18.2 Å². The first kappa shape index (κ1) is 16.7. The highest BCUT2D eigenvalue weighted by atomic mass is 16.5. The quantitative estimate of drug-likeness (QED) is 0.747. The lowest BCUT2D eigenvalue weighted by atomic mass is 10.0. The van der Waals surface area contributed by atoms with E-state index < -0.39 is 29.7 Å². The fourth-order valence-electron chi connectivity index (χ4n) is 3.69. The maximum Gasteiger partial charge on any atom is 0.266 e. The number of nitrogens with one attached hydrogen (secondary N) is 2. The van der Waals surface area contributed by atoms with Crippen LogP contribution in [-0.4, -0.2) is 53.8 Å². The first-order valence-corrected chi connectivity index (χ1v) is 8.77. The molecule has 0 aliphatic carbocycles. The van der Waals surface area contributed by atoms with Crippen LogP contribution in [0.3, 0.4) is 0 Å². The highest BCUT2D eigenvalue weighted by molar-refractivity contribution is 6.24. The summed E-state index contributed by atoms with van der Waals surface area (Å²) in [5.74, 6) is -1.73. The number of amides is 4. The van der Waals surface area contributed by atoms with Crippen molar-refractivity contribution < 1.29 is 23.9 Å². The molecule has 1 aromatic carbocycles. The van der Waals surface area contributed by atoms with Gasteiger partial charge in [-0.05, 0) is 37.9 Å². The Morgan fingerprint density at radius 1 is 1.12 bits per heavy atom. The summed E-state index contributed by atoms with van der Waals surface area (Å²) in [6, 6.07) is 4.14. The van der Waals surface area contributed by atoms with Crippen LogP contribution in [0, 0.1) is 0 Å². The molecule has 3 aliphatic rings. The molecule has 0 aromatic heterocycles. The summed E-state index contributed by atoms with van der Waals surface area (Å²) in [4.78, 5) is 50.0. The third-order valence-electron chi connectivity index (χ3n) is 5.03. The van der Waals surface area contributed by atoms with Gasteiger partial charge in [0.1, 0.15) is 18.4 Å². The van der Waals surface area contributed by atoms with E-state index in [-0.39, 0.29) is 30.0 Å². The van der Waals surface area contributed by atoms with Gasteiger partial charge in [0, 0.05) is 12.5 Å². The number of fused-ring (bicyclic) bond motifs is 1. The highest BCUT2D eigenvalue weighted by Crippen LogP contribution is 2.33. The van der Waals surface area contributed by atoms with E-state index in [0.29, 0.717) is 12.4 Å². The number of piperidine rings is 1. The van der Waals surface area contributed by atoms with Crippen molar-refractivity contribution in [2.75, 3.05) is 13.2 Å². The van der Waals surface area contributed by atoms with Gasteiger partial charge >= 0.3 is 0 Å². The number of nitrogens with zero attached hydrogens (tertiary/aromatic N) is 1. The molecule has 26 heavy (non-hydrogen) atoms. The molecule has 8 heteroatoms. The van der Waals surface area contributed by atoms with Crippen molar-refractivity contribution in [1.82, 2.24) is 15.5 Å². The van der Waals surface area contributed by atoms with E-state index >= 15 is 0 Å². The molecule has 0 spiro atoms. The maximum atomic E-state index is 12.9. The summed E-state index contributed by atoms with van der Waals surface area (Å²) in [6.45, 7) is 1.36. The minimum atomic E-state index is -0.968. The molecule has 0 radical (unpaired) electrons. The SMILES string of the molecule is O=C1CCC(N2C(=O)c3cccc(OC[C@@H]4CCCN4)c3C2=O)C(=O)N1. The zero-order valence-corrected chi connectivity index (χ0v) is 14.1. The van der Waals surface area contributed by atoms with E-state index in [0.717, 1.165) is 24.3 Å². The number of hydrogen-bond acceptors (Lipinski definition) is 6. The van der Waals surface area contributed by atoms with Crippen molar-refractivity contribution in [3.05, 3.63) is 29.3 Å². The van der Waals surface area contributed by atoms with Gasteiger partial charge in [-0.1, -0.05) is 6.07 Å². The van der Waals surface area contributed by atoms with E-state index in [9.17, 15) is 19.2 Å². The molecule has 8 nitrogen and oxygen atoms in total. The zero-order chi connectivity index (χ0) is 18.3. The van der Waals surface area contributed by atoms with Gasteiger partial charge in [0.25, 0.3) is 11.8 Å². The lowest BCUT2D eigenvalue weighted by Crippen LogP contribution is -2.54. The minimum Gasteiger partial charge on any atom is -0.491 e. The van der Waals surface area contributed by atoms with Crippen LogP contribution in [-0.2, 0) is 9.59 Å². The van der Waals surface area contributed by atoms with Crippen molar-refractivity contribution in [2.45, 2.75) is 37.8 Å². The number of carbonyl (C=O) groups is 4. The Kier molecular flexibility index (Phi) is 4.20. The normalized spacial score (nSPS) is 25.5. The molecule has 3 heterocycles. The maximum absolute atomic E-state index is 12.9. The Morgan fingerprint density at radius 2 is 1.96 bits per heavy atom. The van der Waals surface area contributed by atoms with Crippen molar-refractivity contribution in [1.29, 1.82) is 0 Å². The van der Waals surface area contributed by atoms with Crippen molar-refractivity contribution in [3.8, 4) is 5.75 Å². The van der Waals surface area contributed by atoms with Gasteiger partial charge in [-0.25, -0.2) is 0 Å². The number of benzene rings is 1. The zero-order valence-electron chi connectivity index (χ0n) is 14.1. The molecule has 1 aromatic rings. The van der Waals surface area contributed by atoms with Gasteiger partial charge in [-0.15, -0.1) is 0 Å². The first-order valence-electron chi connectivity index (χ1n) is 8.77. The van der Waals surface area contributed by atoms with E-state index in [4.69, 9.17) is 4.74 Å². The number of hydrogen-bond donors (Lipinski definition) is 2. The Hall–Kier alpha value is -2.74. The average molecular weight is 357 g/mol. The number of imide groups is 2. The number of ether oxygens (including phenoxy) is 1. The summed E-state index contributed by atoms with van der Waals surface area (Å²) in [6.07, 6.45) is 2.32. The van der Waals surface area contributed by atoms with Gasteiger partial charge in [0.05, 0.1) is 11.1 Å². The summed E-state index contributed by atoms with van der Waals surface area (Å²) < 4.78 is 5.81. The summed E-state index contributed by atoms with van der Waals surface area (Å²) in [7, 11) is 0. The van der Waals surface area contributed by atoms with Crippen LogP contribution in [0.1, 0.15) is 46.4 Å². The van der Waals surface area contributed by atoms with Gasteiger partial charge in [-0.2, -0.15) is 0 Å². The Morgan fingerprint density at radius 3 is 2.69 bits per heavy atom. The lowest BCUT2D eigenvalue weighted by molar-refractivity contribution is -0.136. The topological polar surface area (TPSA) is 105 Å². The van der Waals surface area contributed by atoms with Crippen LogP contribution >= 0.6 is 0 Å². The number of rotatable bonds is 4. The fraction of sp³-hybridized carbons (Fsp3) is 0.444. The van der Waals surface area contributed by atoms with Gasteiger partial charge in [-0.3, -0.25) is 29.4 Å². The largest absolute Gasteiger partial charge is 0.491 e. The second-order valence-corrected chi connectivity index (χ2v) is 6.73. The molecule has 0 saturated carbocycles. The predicted octanol–water partition coefficient (Wildman–Crippen LogP) is 0.219. The first-order chi connectivity index (χ1) is 12.6. The average Bonchev–Trinajstić information content (AvgIpc) is 3.22. The molecule has 3 aliphatic heterocycles. The third-order valence-corrected chi connectivity index (χ3v) is 5.03. The van der Waals surface area contributed by atoms with E-state index in [1.165, 1.54) is 0 Å². The van der Waals surface area contributed by atoms with Crippen LogP contribution in [0.4, 0.5) is 0 Å². The molecule has 2 atom stereocenters. The highest BCUT2D eigenvalue weighted by Gasteiger charge is 2.46. The lowest BCUT2D eigenvalue weighted by Gasteiger charge is -2.27. The van der Waals surface area contributed by atoms with Crippen LogP contribution in [0.5, 0.6) is 5.75 Å². The van der Waals surface area contributed by atoms with Crippen LogP contribution < -0.4 is 15.4 Å². The monoisotopic (exact) mass is 357 g/mol. The van der Waals surface area contributed by atoms with Gasteiger partial charge in [0.15, 0.2) is 0 Å². The second kappa shape index (κ2) is 6.53. The predicted molar refractivity (Wildman–Crippen MR) is 89.6 cm³/mol. The molecule has 0 bridgehead atoms. The van der Waals surface area contributed by atoms with Crippen molar-refractivity contribution in [3.63, 3.8) is 0 Å².